The van der Waals surface area contributed by atoms with Crippen LogP contribution in [0.4, 0.5) is 5.69 Å². The monoisotopic (exact) mass is 381 g/mol. The van der Waals surface area contributed by atoms with E-state index in [9.17, 15) is 19.7 Å². The lowest BCUT2D eigenvalue weighted by molar-refractivity contribution is -0.384. The second-order valence-corrected chi connectivity index (χ2v) is 6.73. The molecule has 0 N–H and O–H groups in total. The fraction of sp³-hybridized carbons (Fsp3) is 0.100. The maximum Gasteiger partial charge on any atom is 0.316 e. The van der Waals surface area contributed by atoms with E-state index < -0.39 is 23.3 Å². The molecule has 0 saturated heterocycles. The molecule has 0 spiro atoms. The Morgan fingerprint density at radius 2 is 1.67 bits per heavy atom. The molecule has 0 fully saturated rings. The van der Waals surface area contributed by atoms with Gasteiger partial charge < -0.3 is 4.74 Å². The van der Waals surface area contributed by atoms with Crippen molar-refractivity contribution in [2.45, 2.75) is 4.90 Å². The summed E-state index contributed by atoms with van der Waals surface area (Å²) in [6.07, 6.45) is 0. The van der Waals surface area contributed by atoms with Gasteiger partial charge in [0.25, 0.3) is 5.69 Å². The zero-order chi connectivity index (χ0) is 19.2. The number of esters is 1. The number of hydrogen-bond acceptors (Lipinski definition) is 6. The Balaban J connectivity index is 1.49. The molecular weight excluding hydrogens is 366 g/mol. The van der Waals surface area contributed by atoms with Gasteiger partial charge in [-0.25, -0.2) is 0 Å². The molecule has 0 atom stereocenters. The van der Waals surface area contributed by atoms with E-state index in [4.69, 9.17) is 4.74 Å². The minimum absolute atomic E-state index is 0.0892. The maximum absolute atomic E-state index is 12.0. The quantitative estimate of drug-likeness (QED) is 0.200. The summed E-state index contributed by atoms with van der Waals surface area (Å²) in [7, 11) is 0. The molecule has 3 aromatic rings. The van der Waals surface area contributed by atoms with Gasteiger partial charge in [0.1, 0.15) is 0 Å². The summed E-state index contributed by atoms with van der Waals surface area (Å²) < 4.78 is 5.00. The van der Waals surface area contributed by atoms with Crippen LogP contribution < -0.4 is 0 Å². The third kappa shape index (κ3) is 4.92. The standard InChI is InChI=1S/C20H15NO5S/c22-19(15-5-8-17(9-6-15)21(24)25)12-26-20(23)13-27-18-10-7-14-3-1-2-4-16(14)11-18/h1-11H,12-13H2. The molecule has 0 radical (unpaired) electrons. The Hall–Kier alpha value is -3.19. The number of Topliss-reactive ketones (excluding diaryl/α,β-unsaturated/α-hetero) is 1. The molecule has 7 heteroatoms. The zero-order valence-corrected chi connectivity index (χ0v) is 15.0. The molecule has 0 saturated carbocycles. The summed E-state index contributed by atoms with van der Waals surface area (Å²) >= 11 is 1.34. The molecule has 3 aromatic carbocycles. The van der Waals surface area contributed by atoms with Crippen molar-refractivity contribution in [1.29, 1.82) is 0 Å². The smallest absolute Gasteiger partial charge is 0.316 e. The van der Waals surface area contributed by atoms with E-state index in [0.29, 0.717) is 0 Å². The summed E-state index contributed by atoms with van der Waals surface area (Å²) in [5.41, 5.74) is 0.158. The molecule has 0 aliphatic heterocycles. The molecular formula is C20H15NO5S. The summed E-state index contributed by atoms with van der Waals surface area (Å²) in [5.74, 6) is -0.816. The fourth-order valence-electron chi connectivity index (χ4n) is 2.44. The third-order valence-electron chi connectivity index (χ3n) is 3.84. The molecule has 0 aromatic heterocycles. The van der Waals surface area contributed by atoms with Crippen LogP contribution in [0, 0.1) is 10.1 Å². The van der Waals surface area contributed by atoms with Gasteiger partial charge in [-0.2, -0.15) is 0 Å². The van der Waals surface area contributed by atoms with Gasteiger partial charge in [-0.3, -0.25) is 19.7 Å². The molecule has 27 heavy (non-hydrogen) atoms. The normalized spacial score (nSPS) is 10.5. The zero-order valence-electron chi connectivity index (χ0n) is 14.2. The van der Waals surface area contributed by atoms with E-state index in [1.54, 1.807) is 0 Å². The van der Waals surface area contributed by atoms with Gasteiger partial charge in [0, 0.05) is 22.6 Å². The SMILES string of the molecule is O=C(CSc1ccc2ccccc2c1)OCC(=O)c1ccc([N+](=O)[O-])cc1. The van der Waals surface area contributed by atoms with Crippen LogP contribution in [0.2, 0.25) is 0 Å². The van der Waals surface area contributed by atoms with Crippen LogP contribution in [-0.4, -0.2) is 29.0 Å². The van der Waals surface area contributed by atoms with Crippen molar-refractivity contribution in [3.05, 3.63) is 82.4 Å². The molecule has 0 amide bonds. The number of thioether (sulfide) groups is 1. The summed E-state index contributed by atoms with van der Waals surface area (Å²) in [6.45, 7) is -0.394. The van der Waals surface area contributed by atoms with Crippen molar-refractivity contribution in [3.63, 3.8) is 0 Å². The van der Waals surface area contributed by atoms with Gasteiger partial charge >= 0.3 is 5.97 Å². The van der Waals surface area contributed by atoms with Gasteiger partial charge in [0.15, 0.2) is 12.4 Å². The highest BCUT2D eigenvalue weighted by molar-refractivity contribution is 8.00. The number of rotatable bonds is 7. The number of fused-ring (bicyclic) bond motifs is 1. The van der Waals surface area contributed by atoms with E-state index in [0.717, 1.165) is 15.7 Å². The first-order valence-electron chi connectivity index (χ1n) is 8.08. The lowest BCUT2D eigenvalue weighted by Gasteiger charge is -2.05. The van der Waals surface area contributed by atoms with Crippen molar-refractivity contribution in [2.75, 3.05) is 12.4 Å². The average molecular weight is 381 g/mol. The van der Waals surface area contributed by atoms with E-state index in [1.807, 2.05) is 42.5 Å². The van der Waals surface area contributed by atoms with Crippen molar-refractivity contribution in [1.82, 2.24) is 0 Å². The molecule has 0 heterocycles. The van der Waals surface area contributed by atoms with E-state index in [2.05, 4.69) is 0 Å². The van der Waals surface area contributed by atoms with Crippen LogP contribution in [0.5, 0.6) is 0 Å². The van der Waals surface area contributed by atoms with Gasteiger partial charge in [-0.05, 0) is 35.0 Å². The number of carbonyl (C=O) groups is 2. The molecule has 136 valence electrons. The van der Waals surface area contributed by atoms with Crippen LogP contribution in [0.3, 0.4) is 0 Å². The van der Waals surface area contributed by atoms with Crippen LogP contribution in [0.1, 0.15) is 10.4 Å². The third-order valence-corrected chi connectivity index (χ3v) is 4.81. The minimum atomic E-state index is -0.543. The second kappa shape index (κ2) is 8.46. The number of nitro benzene ring substituents is 1. The Bertz CT molecular complexity index is 1000. The average Bonchev–Trinajstić information content (AvgIpc) is 2.70. The Morgan fingerprint density at radius 3 is 2.37 bits per heavy atom. The highest BCUT2D eigenvalue weighted by Crippen LogP contribution is 2.23. The number of benzene rings is 3. The summed E-state index contributed by atoms with van der Waals surface area (Å²) in [6, 6.07) is 19.0. The first kappa shape index (κ1) is 18.6. The number of ether oxygens (including phenoxy) is 1. The highest BCUT2D eigenvalue weighted by atomic mass is 32.2. The minimum Gasteiger partial charge on any atom is -0.457 e. The Labute approximate surface area is 159 Å². The number of non-ortho nitro benzene ring substituents is 1. The topological polar surface area (TPSA) is 86.5 Å². The van der Waals surface area contributed by atoms with E-state index >= 15 is 0 Å². The largest absolute Gasteiger partial charge is 0.457 e. The van der Waals surface area contributed by atoms with Crippen molar-refractivity contribution >= 4 is 40.0 Å². The predicted molar refractivity (Wildman–Crippen MR) is 103 cm³/mol. The van der Waals surface area contributed by atoms with Gasteiger partial charge in [-0.15, -0.1) is 11.8 Å². The molecule has 6 nitrogen and oxygen atoms in total. The number of ketones is 1. The van der Waals surface area contributed by atoms with E-state index in [-0.39, 0.29) is 17.0 Å². The van der Waals surface area contributed by atoms with Crippen molar-refractivity contribution < 1.29 is 19.2 Å². The Morgan fingerprint density at radius 1 is 0.963 bits per heavy atom. The first-order chi connectivity index (χ1) is 13.0. The Kier molecular flexibility index (Phi) is 5.83. The van der Waals surface area contributed by atoms with Crippen molar-refractivity contribution in [3.8, 4) is 0 Å². The van der Waals surface area contributed by atoms with Gasteiger partial charge in [0.05, 0.1) is 10.7 Å². The van der Waals surface area contributed by atoms with Crippen molar-refractivity contribution in [2.24, 2.45) is 0 Å². The predicted octanol–water partition coefficient (Wildman–Crippen LogP) is 4.27. The molecule has 0 unspecified atom stereocenters. The summed E-state index contributed by atoms with van der Waals surface area (Å²) in [5, 5.41) is 12.8. The fourth-order valence-corrected chi connectivity index (χ4v) is 3.18. The number of hydrogen-bond donors (Lipinski definition) is 0. The van der Waals surface area contributed by atoms with Crippen LogP contribution >= 0.6 is 11.8 Å². The lowest BCUT2D eigenvalue weighted by Crippen LogP contribution is -2.15. The molecule has 3 rings (SSSR count). The summed E-state index contributed by atoms with van der Waals surface area (Å²) in [4.78, 5) is 34.9. The second-order valence-electron chi connectivity index (χ2n) is 5.69. The number of carbonyl (C=O) groups excluding carboxylic acids is 2. The maximum atomic E-state index is 12.0. The van der Waals surface area contributed by atoms with Crippen LogP contribution in [0.15, 0.2) is 71.6 Å². The lowest BCUT2D eigenvalue weighted by atomic mass is 10.1. The van der Waals surface area contributed by atoms with Gasteiger partial charge in [0.2, 0.25) is 0 Å². The van der Waals surface area contributed by atoms with Gasteiger partial charge in [-0.1, -0.05) is 30.3 Å². The first-order valence-corrected chi connectivity index (χ1v) is 9.06. The van der Waals surface area contributed by atoms with E-state index in [1.165, 1.54) is 36.0 Å². The molecule has 0 aliphatic rings. The molecule has 0 aliphatic carbocycles. The van der Waals surface area contributed by atoms with Crippen LogP contribution in [-0.2, 0) is 9.53 Å². The number of nitro groups is 1. The highest BCUT2D eigenvalue weighted by Gasteiger charge is 2.12. The molecule has 0 bridgehead atoms. The number of nitrogens with zero attached hydrogens (tertiary/aromatic N) is 1. The van der Waals surface area contributed by atoms with Crippen LogP contribution in [0.25, 0.3) is 10.8 Å².